The van der Waals surface area contributed by atoms with Crippen molar-refractivity contribution in [3.8, 4) is 17.3 Å². The minimum atomic E-state index is -0.311. The second kappa shape index (κ2) is 8.45. The van der Waals surface area contributed by atoms with Crippen LogP contribution in [-0.2, 0) is 5.41 Å². The first-order chi connectivity index (χ1) is 14.9. The van der Waals surface area contributed by atoms with E-state index in [0.717, 1.165) is 42.2 Å². The summed E-state index contributed by atoms with van der Waals surface area (Å²) in [4.78, 5) is 11.1. The maximum absolute atomic E-state index is 9.79. The zero-order valence-electron chi connectivity index (χ0n) is 17.9. The lowest BCUT2D eigenvalue weighted by molar-refractivity contribution is 0.258. The number of aliphatic imine (C=N–C) groups is 1. The lowest BCUT2D eigenvalue weighted by Gasteiger charge is -2.31. The fraction of sp³-hybridized carbons (Fsp3) is 0.417. The van der Waals surface area contributed by atoms with E-state index in [2.05, 4.69) is 45.2 Å². The normalized spacial score (nSPS) is 23.2. The Morgan fingerprint density at radius 1 is 1.29 bits per heavy atom. The molecule has 7 heteroatoms. The molecule has 2 fully saturated rings. The van der Waals surface area contributed by atoms with Crippen LogP contribution in [0.25, 0.3) is 11.3 Å². The van der Waals surface area contributed by atoms with E-state index in [1.165, 1.54) is 5.56 Å². The first-order valence-electron chi connectivity index (χ1n) is 10.5. The molecule has 160 valence electrons. The number of rotatable bonds is 4. The van der Waals surface area contributed by atoms with E-state index in [-0.39, 0.29) is 16.8 Å². The van der Waals surface area contributed by atoms with Gasteiger partial charge in [-0.1, -0.05) is 30.3 Å². The van der Waals surface area contributed by atoms with Gasteiger partial charge in [-0.15, -0.1) is 0 Å². The molecular formula is C24H27N5OS. The van der Waals surface area contributed by atoms with Crippen LogP contribution in [0.1, 0.15) is 37.4 Å². The Bertz CT molecular complexity index is 1050. The second-order valence-corrected chi connectivity index (χ2v) is 10.1. The van der Waals surface area contributed by atoms with Crippen LogP contribution >= 0.6 is 11.8 Å². The van der Waals surface area contributed by atoms with Gasteiger partial charge in [0.1, 0.15) is 23.4 Å². The van der Waals surface area contributed by atoms with Crippen molar-refractivity contribution in [1.82, 2.24) is 9.88 Å². The molecule has 1 aromatic carbocycles. The Labute approximate surface area is 187 Å². The molecule has 1 aliphatic carbocycles. The Kier molecular flexibility index (Phi) is 5.87. The highest BCUT2D eigenvalue weighted by Gasteiger charge is 2.52. The molecule has 0 bridgehead atoms. The minimum Gasteiger partial charge on any atom is -0.395 e. The van der Waals surface area contributed by atoms with Crippen molar-refractivity contribution in [1.29, 1.82) is 10.7 Å². The first-order valence-corrected chi connectivity index (χ1v) is 11.5. The van der Waals surface area contributed by atoms with Crippen LogP contribution in [0.3, 0.4) is 0 Å². The molecule has 2 N–H and O–H groups in total. The molecule has 6 nitrogen and oxygen atoms in total. The van der Waals surface area contributed by atoms with Gasteiger partial charge in [0, 0.05) is 36.1 Å². The van der Waals surface area contributed by atoms with Gasteiger partial charge in [-0.3, -0.25) is 10.4 Å². The number of thioether (sulfide) groups is 1. The third-order valence-corrected chi connectivity index (χ3v) is 7.57. The van der Waals surface area contributed by atoms with E-state index >= 15 is 0 Å². The highest BCUT2D eigenvalue weighted by atomic mass is 32.2. The van der Waals surface area contributed by atoms with Crippen LogP contribution < -0.4 is 0 Å². The quantitative estimate of drug-likeness (QED) is 0.564. The summed E-state index contributed by atoms with van der Waals surface area (Å²) < 4.78 is -0.311. The number of aliphatic hydroxyl groups excluding tert-OH is 1. The number of benzene rings is 1. The number of amidine groups is 2. The van der Waals surface area contributed by atoms with Crippen LogP contribution in [0.5, 0.6) is 0 Å². The van der Waals surface area contributed by atoms with Crippen molar-refractivity contribution < 1.29 is 5.11 Å². The maximum atomic E-state index is 9.79. The van der Waals surface area contributed by atoms with Gasteiger partial charge in [0.25, 0.3) is 0 Å². The van der Waals surface area contributed by atoms with Gasteiger partial charge in [-0.25, -0.2) is 4.98 Å². The predicted molar refractivity (Wildman–Crippen MR) is 126 cm³/mol. The molecule has 2 aliphatic rings. The highest BCUT2D eigenvalue weighted by molar-refractivity contribution is 8.00. The number of nitrogens with zero attached hydrogens (tertiary/aromatic N) is 4. The lowest BCUT2D eigenvalue weighted by atomic mass is 9.91. The van der Waals surface area contributed by atoms with Crippen molar-refractivity contribution in [2.45, 2.75) is 36.3 Å². The molecule has 1 aromatic heterocycles. The predicted octanol–water partition coefficient (Wildman–Crippen LogP) is 3.85. The molecule has 2 aromatic rings. The van der Waals surface area contributed by atoms with E-state index in [9.17, 15) is 5.11 Å². The fourth-order valence-corrected chi connectivity index (χ4v) is 5.43. The SMILES string of the molecule is CN=C(N1CCSC(C)(CO)CC1=N)C1(c2ccc(-c3cccc(C#N)n3)cc2)CC1. The average molecular weight is 434 g/mol. The lowest BCUT2D eigenvalue weighted by Crippen LogP contribution is -2.44. The number of pyridine rings is 1. The number of hydrogen-bond donors (Lipinski definition) is 2. The van der Waals surface area contributed by atoms with Crippen molar-refractivity contribution in [3.05, 3.63) is 53.7 Å². The summed E-state index contributed by atoms with van der Waals surface area (Å²) in [5, 5.41) is 27.6. The van der Waals surface area contributed by atoms with Gasteiger partial charge < -0.3 is 10.0 Å². The summed E-state index contributed by atoms with van der Waals surface area (Å²) in [6.45, 7) is 2.83. The molecule has 1 unspecified atom stereocenters. The smallest absolute Gasteiger partial charge is 0.141 e. The van der Waals surface area contributed by atoms with Gasteiger partial charge >= 0.3 is 0 Å². The van der Waals surface area contributed by atoms with Crippen molar-refractivity contribution in [2.24, 2.45) is 4.99 Å². The van der Waals surface area contributed by atoms with Gasteiger partial charge in [-0.05, 0) is 37.5 Å². The summed E-state index contributed by atoms with van der Waals surface area (Å²) in [6, 6.07) is 15.9. The third kappa shape index (κ3) is 4.10. The second-order valence-electron chi connectivity index (χ2n) is 8.46. The molecule has 1 atom stereocenters. The average Bonchev–Trinajstić information content (AvgIpc) is 3.61. The van der Waals surface area contributed by atoms with Crippen molar-refractivity contribution in [2.75, 3.05) is 26.0 Å². The van der Waals surface area contributed by atoms with Crippen LogP contribution in [0.15, 0.2) is 47.5 Å². The molecule has 1 saturated carbocycles. The molecule has 31 heavy (non-hydrogen) atoms. The molecule has 4 rings (SSSR count). The van der Waals surface area contributed by atoms with Gasteiger partial charge in [0.2, 0.25) is 0 Å². The zero-order chi connectivity index (χ0) is 22.1. The van der Waals surface area contributed by atoms with E-state index in [0.29, 0.717) is 18.0 Å². The standard InChI is InChI=1S/C24H27N5OS/c1-23(16-30)14-21(26)29(12-13-31-23)22(27-2)24(10-11-24)18-8-6-17(7-9-18)20-5-3-4-19(15-25)28-20/h3-9,26,30H,10-14,16H2,1-2H3. The van der Waals surface area contributed by atoms with E-state index in [4.69, 9.17) is 10.7 Å². The van der Waals surface area contributed by atoms with E-state index < -0.39 is 0 Å². The summed E-state index contributed by atoms with van der Waals surface area (Å²) in [5.41, 5.74) is 3.21. The largest absolute Gasteiger partial charge is 0.395 e. The summed E-state index contributed by atoms with van der Waals surface area (Å²) in [6.07, 6.45) is 2.55. The molecule has 1 saturated heterocycles. The van der Waals surface area contributed by atoms with Crippen LogP contribution in [0, 0.1) is 16.7 Å². The number of nitriles is 1. The molecule has 0 spiro atoms. The fourth-order valence-electron chi connectivity index (χ4n) is 4.33. The van der Waals surface area contributed by atoms with E-state index in [1.807, 2.05) is 26.1 Å². The van der Waals surface area contributed by atoms with Gasteiger partial charge in [0.15, 0.2) is 0 Å². The number of aliphatic hydroxyl groups is 1. The Morgan fingerprint density at radius 2 is 2.03 bits per heavy atom. The highest BCUT2D eigenvalue weighted by Crippen LogP contribution is 2.51. The first kappa shape index (κ1) is 21.5. The molecule has 0 amide bonds. The van der Waals surface area contributed by atoms with Crippen molar-refractivity contribution >= 4 is 23.4 Å². The Balaban J connectivity index is 1.60. The number of hydrogen-bond acceptors (Lipinski definition) is 6. The zero-order valence-corrected chi connectivity index (χ0v) is 18.7. The van der Waals surface area contributed by atoms with Crippen LogP contribution in [-0.4, -0.2) is 57.4 Å². The summed E-state index contributed by atoms with van der Waals surface area (Å²) in [7, 11) is 1.82. The number of aromatic nitrogens is 1. The van der Waals surface area contributed by atoms with Crippen LogP contribution in [0.4, 0.5) is 0 Å². The molecular weight excluding hydrogens is 406 g/mol. The summed E-state index contributed by atoms with van der Waals surface area (Å²) in [5.74, 6) is 2.34. The maximum Gasteiger partial charge on any atom is 0.141 e. The number of nitrogens with one attached hydrogen (secondary N) is 1. The Hall–Kier alpha value is -2.69. The molecule has 1 aliphatic heterocycles. The topological polar surface area (TPSA) is 96.4 Å². The van der Waals surface area contributed by atoms with Gasteiger partial charge in [0.05, 0.1) is 17.7 Å². The third-order valence-electron chi connectivity index (χ3n) is 6.21. The Morgan fingerprint density at radius 3 is 2.65 bits per heavy atom. The van der Waals surface area contributed by atoms with Crippen LogP contribution in [0.2, 0.25) is 0 Å². The summed E-state index contributed by atoms with van der Waals surface area (Å²) >= 11 is 1.73. The van der Waals surface area contributed by atoms with Gasteiger partial charge in [-0.2, -0.15) is 17.0 Å². The molecule has 2 heterocycles. The molecule has 0 radical (unpaired) electrons. The minimum absolute atomic E-state index is 0.0696. The van der Waals surface area contributed by atoms with Crippen molar-refractivity contribution in [3.63, 3.8) is 0 Å². The van der Waals surface area contributed by atoms with E-state index in [1.54, 1.807) is 17.8 Å². The monoisotopic (exact) mass is 433 g/mol.